The van der Waals surface area contributed by atoms with Gasteiger partial charge in [0, 0.05) is 19.1 Å². The molecule has 2 heterocycles. The Bertz CT molecular complexity index is 479. The number of aromatic nitrogens is 1. The number of hydrogen-bond donors (Lipinski definition) is 2. The number of hydrogen-bond acceptors (Lipinski definition) is 6. The van der Waals surface area contributed by atoms with E-state index in [0.29, 0.717) is 18.1 Å². The van der Waals surface area contributed by atoms with Gasteiger partial charge in [-0.15, -0.1) is 0 Å². The highest BCUT2D eigenvalue weighted by atomic mass is 16.5. The van der Waals surface area contributed by atoms with Crippen molar-refractivity contribution >= 4 is 11.5 Å². The number of β-amino-alcohol motifs (C(OH)–C–C–N with tert-alkyl or cyclic N) is 1. The fourth-order valence-electron chi connectivity index (χ4n) is 2.69. The predicted octanol–water partition coefficient (Wildman–Crippen LogP) is 0.952. The van der Waals surface area contributed by atoms with Gasteiger partial charge in [0.15, 0.2) is 0 Å². The van der Waals surface area contributed by atoms with E-state index < -0.39 is 0 Å². The first-order valence-electron chi connectivity index (χ1n) is 7.39. The fourth-order valence-corrected chi connectivity index (χ4v) is 2.69. The molecule has 6 heteroatoms. The largest absolute Gasteiger partial charge is 0.473 e. The van der Waals surface area contributed by atoms with E-state index in [0.717, 1.165) is 18.8 Å². The zero-order chi connectivity index (χ0) is 15.6. The molecule has 2 atom stereocenters. The lowest BCUT2D eigenvalue weighted by atomic mass is 10.2. The third-order valence-corrected chi connectivity index (χ3v) is 3.48. The lowest BCUT2D eigenvalue weighted by Gasteiger charge is -2.28. The molecule has 0 bridgehead atoms. The first-order valence-corrected chi connectivity index (χ1v) is 7.39. The lowest BCUT2D eigenvalue weighted by Crippen LogP contribution is -2.38. The first-order chi connectivity index (χ1) is 9.86. The molecule has 0 amide bonds. The van der Waals surface area contributed by atoms with Gasteiger partial charge in [0.25, 0.3) is 0 Å². The van der Waals surface area contributed by atoms with Crippen molar-refractivity contribution in [1.82, 2.24) is 9.88 Å². The van der Waals surface area contributed by atoms with Crippen molar-refractivity contribution in [2.75, 3.05) is 37.8 Å². The number of nitrogens with zero attached hydrogens (tertiary/aromatic N) is 3. The smallest absolute Gasteiger partial charge is 0.239 e. The summed E-state index contributed by atoms with van der Waals surface area (Å²) < 4.78 is 5.65. The maximum atomic E-state index is 9.97. The molecule has 1 saturated heterocycles. The Labute approximate surface area is 126 Å². The second kappa shape index (κ2) is 6.49. The van der Waals surface area contributed by atoms with Crippen molar-refractivity contribution in [3.05, 3.63) is 12.1 Å². The Kier molecular flexibility index (Phi) is 4.90. The van der Waals surface area contributed by atoms with Gasteiger partial charge in [0.2, 0.25) is 5.88 Å². The van der Waals surface area contributed by atoms with Crippen LogP contribution in [0.5, 0.6) is 5.88 Å². The molecule has 118 valence electrons. The highest BCUT2D eigenvalue weighted by Gasteiger charge is 2.32. The lowest BCUT2D eigenvalue weighted by molar-refractivity contribution is 0.191. The average Bonchev–Trinajstić information content (AvgIpc) is 2.71. The summed E-state index contributed by atoms with van der Waals surface area (Å²) in [5.74, 6) is 1.27. The van der Waals surface area contributed by atoms with Gasteiger partial charge in [-0.2, -0.15) is 4.98 Å². The minimum absolute atomic E-state index is 0.0248. The molecule has 1 aliphatic heterocycles. The van der Waals surface area contributed by atoms with Crippen LogP contribution in [0.1, 0.15) is 20.3 Å². The molecule has 21 heavy (non-hydrogen) atoms. The summed E-state index contributed by atoms with van der Waals surface area (Å²) in [4.78, 5) is 8.80. The van der Waals surface area contributed by atoms with E-state index in [4.69, 9.17) is 10.5 Å². The molecule has 0 spiro atoms. The minimum atomic E-state index is -0.316. The predicted molar refractivity (Wildman–Crippen MR) is 84.7 cm³/mol. The van der Waals surface area contributed by atoms with Crippen LogP contribution in [0.2, 0.25) is 0 Å². The third kappa shape index (κ3) is 3.98. The zero-order valence-electron chi connectivity index (χ0n) is 13.3. The first kappa shape index (κ1) is 15.9. The highest BCUT2D eigenvalue weighted by Crippen LogP contribution is 2.29. The number of pyridine rings is 1. The average molecular weight is 294 g/mol. The number of nitrogens with two attached hydrogens (primary N) is 1. The van der Waals surface area contributed by atoms with E-state index >= 15 is 0 Å². The van der Waals surface area contributed by atoms with Gasteiger partial charge in [0.1, 0.15) is 5.82 Å². The quantitative estimate of drug-likeness (QED) is 0.842. The number of nitrogen functional groups attached to an aromatic ring is 1. The van der Waals surface area contributed by atoms with Crippen molar-refractivity contribution in [3.8, 4) is 5.88 Å². The fraction of sp³-hybridized carbons (Fsp3) is 0.667. The number of rotatable bonds is 5. The Hall–Kier alpha value is -1.53. The Morgan fingerprint density at radius 3 is 2.81 bits per heavy atom. The van der Waals surface area contributed by atoms with Gasteiger partial charge in [-0.25, -0.2) is 0 Å². The molecule has 0 aliphatic carbocycles. The molecular weight excluding hydrogens is 268 g/mol. The Morgan fingerprint density at radius 1 is 1.48 bits per heavy atom. The van der Waals surface area contributed by atoms with Gasteiger partial charge < -0.3 is 25.4 Å². The summed E-state index contributed by atoms with van der Waals surface area (Å²) in [5, 5.41) is 9.97. The van der Waals surface area contributed by atoms with Crippen LogP contribution in [0.25, 0.3) is 0 Å². The van der Waals surface area contributed by atoms with Crippen molar-refractivity contribution in [1.29, 1.82) is 0 Å². The maximum absolute atomic E-state index is 9.97. The summed E-state index contributed by atoms with van der Waals surface area (Å²) in [6, 6.07) is 3.96. The summed E-state index contributed by atoms with van der Waals surface area (Å²) in [6.45, 7) is 5.37. The summed E-state index contributed by atoms with van der Waals surface area (Å²) >= 11 is 0. The monoisotopic (exact) mass is 294 g/mol. The van der Waals surface area contributed by atoms with Crippen molar-refractivity contribution in [2.24, 2.45) is 0 Å². The van der Waals surface area contributed by atoms with E-state index in [1.54, 1.807) is 0 Å². The molecule has 0 aromatic carbocycles. The molecular formula is C15H26N4O2. The molecule has 1 aliphatic rings. The van der Waals surface area contributed by atoms with Gasteiger partial charge in [0.05, 0.1) is 17.9 Å². The SMILES string of the molecule is CC(C)Oc1nc(N2CC(O)CC2CN(C)C)ccc1N. The zero-order valence-corrected chi connectivity index (χ0v) is 13.3. The number of aliphatic hydroxyl groups excluding tert-OH is 1. The van der Waals surface area contributed by atoms with Crippen LogP contribution in [0.4, 0.5) is 11.5 Å². The van der Waals surface area contributed by atoms with Crippen LogP contribution in [-0.2, 0) is 0 Å². The second-order valence-electron chi connectivity index (χ2n) is 6.19. The molecule has 6 nitrogen and oxygen atoms in total. The Morgan fingerprint density at radius 2 is 2.19 bits per heavy atom. The normalized spacial score (nSPS) is 22.3. The van der Waals surface area contributed by atoms with Crippen molar-refractivity contribution < 1.29 is 9.84 Å². The van der Waals surface area contributed by atoms with Crippen LogP contribution in [0, 0.1) is 0 Å². The second-order valence-corrected chi connectivity index (χ2v) is 6.19. The van der Waals surface area contributed by atoms with Crippen LogP contribution < -0.4 is 15.4 Å². The molecule has 1 aromatic rings. The standard InChI is InChI=1S/C15H26N4O2/c1-10(2)21-15-13(16)5-6-14(17-15)19-9-12(20)7-11(19)8-18(3)4/h5-6,10-12,20H,7-9,16H2,1-4H3. The molecule has 2 unspecified atom stereocenters. The van der Waals surface area contributed by atoms with Crippen LogP contribution in [0.15, 0.2) is 12.1 Å². The Balaban J connectivity index is 2.23. The molecule has 2 rings (SSSR count). The van der Waals surface area contributed by atoms with E-state index in [1.165, 1.54) is 0 Å². The van der Waals surface area contributed by atoms with Crippen LogP contribution in [-0.4, -0.2) is 60.4 Å². The van der Waals surface area contributed by atoms with Gasteiger partial charge in [-0.1, -0.05) is 0 Å². The van der Waals surface area contributed by atoms with Gasteiger partial charge >= 0.3 is 0 Å². The number of ether oxygens (including phenoxy) is 1. The van der Waals surface area contributed by atoms with E-state index in [1.807, 2.05) is 40.1 Å². The van der Waals surface area contributed by atoms with Gasteiger partial charge in [-0.3, -0.25) is 0 Å². The summed E-state index contributed by atoms with van der Waals surface area (Å²) in [6.07, 6.45) is 0.463. The topological polar surface area (TPSA) is 74.9 Å². The van der Waals surface area contributed by atoms with E-state index in [-0.39, 0.29) is 18.2 Å². The molecule has 3 N–H and O–H groups in total. The third-order valence-electron chi connectivity index (χ3n) is 3.48. The summed E-state index contributed by atoms with van der Waals surface area (Å²) in [5.41, 5.74) is 6.45. The van der Waals surface area contributed by atoms with Crippen molar-refractivity contribution in [3.63, 3.8) is 0 Å². The number of anilines is 2. The molecule has 1 fully saturated rings. The number of aliphatic hydroxyl groups is 1. The minimum Gasteiger partial charge on any atom is -0.473 e. The van der Waals surface area contributed by atoms with Crippen LogP contribution in [0.3, 0.4) is 0 Å². The number of likely N-dealkylation sites (N-methyl/N-ethyl adjacent to an activating group) is 1. The highest BCUT2D eigenvalue weighted by molar-refractivity contribution is 5.55. The molecule has 1 aromatic heterocycles. The molecule has 0 saturated carbocycles. The van der Waals surface area contributed by atoms with Gasteiger partial charge in [-0.05, 0) is 46.5 Å². The summed E-state index contributed by atoms with van der Waals surface area (Å²) in [7, 11) is 4.07. The van der Waals surface area contributed by atoms with E-state index in [2.05, 4.69) is 14.8 Å². The maximum Gasteiger partial charge on any atom is 0.239 e. The molecule has 0 radical (unpaired) electrons. The van der Waals surface area contributed by atoms with E-state index in [9.17, 15) is 5.11 Å². The van der Waals surface area contributed by atoms with Crippen LogP contribution >= 0.6 is 0 Å². The van der Waals surface area contributed by atoms with Crippen molar-refractivity contribution in [2.45, 2.75) is 38.5 Å².